The molecule has 0 aliphatic rings. The molecule has 94 valence electrons. The fourth-order valence-electron chi connectivity index (χ4n) is 1.90. The van der Waals surface area contributed by atoms with E-state index in [0.717, 1.165) is 18.4 Å². The zero-order valence-electron chi connectivity index (χ0n) is 10.6. The summed E-state index contributed by atoms with van der Waals surface area (Å²) in [5.41, 5.74) is 0.738. The summed E-state index contributed by atoms with van der Waals surface area (Å²) >= 11 is 0. The molecule has 1 aromatic rings. The lowest BCUT2D eigenvalue weighted by molar-refractivity contribution is 0.471. The molecular weight excluding hydrogens is 212 g/mol. The van der Waals surface area contributed by atoms with Crippen LogP contribution in [0.4, 0.5) is 0 Å². The largest absolute Gasteiger partial charge is 0.504 e. The van der Waals surface area contributed by atoms with Crippen molar-refractivity contribution in [1.29, 1.82) is 0 Å². The van der Waals surface area contributed by atoms with Crippen LogP contribution in [0, 0.1) is 0 Å². The Hall–Kier alpha value is -1.31. The van der Waals surface area contributed by atoms with Crippen molar-refractivity contribution in [1.82, 2.24) is 0 Å². The van der Waals surface area contributed by atoms with Gasteiger partial charge in [0.1, 0.15) is 0 Å². The van der Waals surface area contributed by atoms with Crippen LogP contribution in [0.5, 0.6) is 5.75 Å². The lowest BCUT2D eigenvalue weighted by Gasteiger charge is -1.99. The first kappa shape index (κ1) is 13.8. The first-order valence-electron chi connectivity index (χ1n) is 6.56. The summed E-state index contributed by atoms with van der Waals surface area (Å²) in [7, 11) is 0. The predicted octanol–water partition coefficient (Wildman–Crippen LogP) is 3.66. The molecule has 0 unspecified atom stereocenters. The summed E-state index contributed by atoms with van der Waals surface area (Å²) in [4.78, 5) is 11.4. The topological polar surface area (TPSA) is 37.3 Å². The molecule has 1 aromatic carbocycles. The Morgan fingerprint density at radius 2 is 1.76 bits per heavy atom. The maximum atomic E-state index is 11.4. The minimum atomic E-state index is -0.281. The number of hydrogen-bond donors (Lipinski definition) is 1. The summed E-state index contributed by atoms with van der Waals surface area (Å²) in [6.07, 6.45) is 8.45. The van der Waals surface area contributed by atoms with Crippen LogP contribution in [0.2, 0.25) is 0 Å². The van der Waals surface area contributed by atoms with Gasteiger partial charge in [0.2, 0.25) is 5.43 Å². The monoisotopic (exact) mass is 234 g/mol. The van der Waals surface area contributed by atoms with E-state index in [9.17, 15) is 9.90 Å². The lowest BCUT2D eigenvalue weighted by atomic mass is 10.1. The van der Waals surface area contributed by atoms with Crippen molar-refractivity contribution in [3.05, 3.63) is 40.1 Å². The van der Waals surface area contributed by atoms with Gasteiger partial charge in [0.05, 0.1) is 0 Å². The zero-order chi connectivity index (χ0) is 12.5. The Bertz CT molecular complexity index is 385. The van der Waals surface area contributed by atoms with E-state index in [1.807, 2.05) is 6.07 Å². The second-order valence-corrected chi connectivity index (χ2v) is 4.51. The molecule has 0 spiro atoms. The minimum absolute atomic E-state index is 0.167. The number of hydrogen-bond acceptors (Lipinski definition) is 2. The molecule has 0 aliphatic carbocycles. The predicted molar refractivity (Wildman–Crippen MR) is 71.5 cm³/mol. The summed E-state index contributed by atoms with van der Waals surface area (Å²) in [6, 6.07) is 6.64. The maximum absolute atomic E-state index is 11.4. The highest BCUT2D eigenvalue weighted by atomic mass is 16.3. The van der Waals surface area contributed by atoms with E-state index in [1.165, 1.54) is 38.2 Å². The van der Waals surface area contributed by atoms with Crippen LogP contribution in [-0.4, -0.2) is 5.11 Å². The highest BCUT2D eigenvalue weighted by Gasteiger charge is 1.97. The van der Waals surface area contributed by atoms with E-state index in [0.29, 0.717) is 0 Å². The molecule has 17 heavy (non-hydrogen) atoms. The second kappa shape index (κ2) is 7.88. The molecule has 2 heteroatoms. The Morgan fingerprint density at radius 3 is 2.53 bits per heavy atom. The van der Waals surface area contributed by atoms with Gasteiger partial charge in [-0.05, 0) is 30.5 Å². The normalized spacial score (nSPS) is 10.4. The van der Waals surface area contributed by atoms with Crippen molar-refractivity contribution in [3.63, 3.8) is 0 Å². The van der Waals surface area contributed by atoms with E-state index in [2.05, 4.69) is 6.92 Å². The minimum Gasteiger partial charge on any atom is -0.504 e. The lowest BCUT2D eigenvalue weighted by Crippen LogP contribution is -1.95. The first-order valence-corrected chi connectivity index (χ1v) is 6.56. The number of aromatic hydroxyl groups is 1. The Balaban J connectivity index is 2.35. The number of rotatable bonds is 7. The number of unbranched alkanes of at least 4 members (excludes halogenated alkanes) is 5. The Kier molecular flexibility index (Phi) is 6.38. The van der Waals surface area contributed by atoms with Gasteiger partial charge < -0.3 is 5.11 Å². The smallest absolute Gasteiger partial charge is 0.220 e. The molecule has 0 saturated heterocycles. The standard InChI is InChI=1S/C15H22O2/c1-2-3-4-5-6-7-9-13-10-8-11-14(16)15(17)12-13/h8,10-12H,2-7,9H2,1H3,(H,16,17). The van der Waals surface area contributed by atoms with Gasteiger partial charge >= 0.3 is 0 Å². The molecule has 0 fully saturated rings. The maximum Gasteiger partial charge on any atom is 0.220 e. The van der Waals surface area contributed by atoms with Crippen molar-refractivity contribution >= 4 is 0 Å². The number of aryl methyl sites for hydroxylation is 1. The molecule has 0 bridgehead atoms. The van der Waals surface area contributed by atoms with Crippen molar-refractivity contribution in [2.45, 2.75) is 51.9 Å². The van der Waals surface area contributed by atoms with Crippen LogP contribution in [0.25, 0.3) is 0 Å². The van der Waals surface area contributed by atoms with E-state index in [4.69, 9.17) is 0 Å². The third kappa shape index (κ3) is 5.53. The molecule has 0 radical (unpaired) electrons. The van der Waals surface area contributed by atoms with Gasteiger partial charge in [-0.25, -0.2) is 0 Å². The van der Waals surface area contributed by atoms with Crippen LogP contribution in [0.3, 0.4) is 0 Å². The molecule has 1 N–H and O–H groups in total. The molecule has 0 saturated carbocycles. The fraction of sp³-hybridized carbons (Fsp3) is 0.533. The summed E-state index contributed by atoms with van der Waals surface area (Å²) < 4.78 is 0. The van der Waals surface area contributed by atoms with Gasteiger partial charge in [0.15, 0.2) is 5.75 Å². The van der Waals surface area contributed by atoms with E-state index in [1.54, 1.807) is 12.1 Å². The first-order chi connectivity index (χ1) is 8.24. The fourth-order valence-corrected chi connectivity index (χ4v) is 1.90. The summed E-state index contributed by atoms with van der Waals surface area (Å²) in [5, 5.41) is 9.26. The molecule has 0 aromatic heterocycles. The molecule has 0 amide bonds. The Labute approximate surface area is 103 Å². The van der Waals surface area contributed by atoms with E-state index < -0.39 is 0 Å². The van der Waals surface area contributed by atoms with E-state index in [-0.39, 0.29) is 11.2 Å². The SMILES string of the molecule is CCCCCCCCc1cccc(O)c(=O)c1. The van der Waals surface area contributed by atoms with Crippen LogP contribution in [-0.2, 0) is 6.42 Å². The quantitative estimate of drug-likeness (QED) is 0.731. The van der Waals surface area contributed by atoms with Gasteiger partial charge in [-0.1, -0.05) is 51.2 Å². The third-order valence-electron chi connectivity index (χ3n) is 2.95. The van der Waals surface area contributed by atoms with Crippen LogP contribution in [0.1, 0.15) is 51.0 Å². The van der Waals surface area contributed by atoms with Crippen molar-refractivity contribution in [2.75, 3.05) is 0 Å². The summed E-state index contributed by atoms with van der Waals surface area (Å²) in [5.74, 6) is -0.167. The van der Waals surface area contributed by atoms with Gasteiger partial charge in [-0.3, -0.25) is 4.79 Å². The average Bonchev–Trinajstić information content (AvgIpc) is 2.47. The average molecular weight is 234 g/mol. The molecule has 2 nitrogen and oxygen atoms in total. The molecule has 0 atom stereocenters. The second-order valence-electron chi connectivity index (χ2n) is 4.51. The van der Waals surface area contributed by atoms with Crippen LogP contribution < -0.4 is 5.43 Å². The highest BCUT2D eigenvalue weighted by Crippen LogP contribution is 2.09. The van der Waals surface area contributed by atoms with Crippen molar-refractivity contribution in [3.8, 4) is 5.75 Å². The van der Waals surface area contributed by atoms with E-state index >= 15 is 0 Å². The zero-order valence-corrected chi connectivity index (χ0v) is 10.6. The molecular formula is C15H22O2. The van der Waals surface area contributed by atoms with Crippen molar-refractivity contribution in [2.24, 2.45) is 0 Å². The van der Waals surface area contributed by atoms with Gasteiger partial charge in [-0.2, -0.15) is 0 Å². The summed E-state index contributed by atoms with van der Waals surface area (Å²) in [6.45, 7) is 2.21. The molecule has 1 rings (SSSR count). The van der Waals surface area contributed by atoms with Gasteiger partial charge in [0, 0.05) is 0 Å². The molecule has 0 aliphatic heterocycles. The highest BCUT2D eigenvalue weighted by molar-refractivity contribution is 5.23. The molecule has 0 heterocycles. The third-order valence-corrected chi connectivity index (χ3v) is 2.95. The van der Waals surface area contributed by atoms with Crippen LogP contribution in [0.15, 0.2) is 29.1 Å². The van der Waals surface area contributed by atoms with Gasteiger partial charge in [0.25, 0.3) is 0 Å². The van der Waals surface area contributed by atoms with Crippen molar-refractivity contribution < 1.29 is 5.11 Å². The van der Waals surface area contributed by atoms with Gasteiger partial charge in [-0.15, -0.1) is 0 Å². The van der Waals surface area contributed by atoms with Crippen LogP contribution >= 0.6 is 0 Å². The Morgan fingerprint density at radius 1 is 1.06 bits per heavy atom.